The van der Waals surface area contributed by atoms with Gasteiger partial charge in [0.05, 0.1) is 5.69 Å². The number of hydrazine groups is 1. The third kappa shape index (κ3) is 2.75. The number of hydrogen-bond donors (Lipinski definition) is 2. The summed E-state index contributed by atoms with van der Waals surface area (Å²) in [7, 11) is 0. The first-order chi connectivity index (χ1) is 9.41. The Bertz CT molecular complexity index is 508. The molecule has 2 rings (SSSR count). The number of carboxylic acid groups (broad SMARTS) is 1. The highest BCUT2D eigenvalue weighted by Crippen LogP contribution is 2.25. The summed E-state index contributed by atoms with van der Waals surface area (Å²) in [6, 6.07) is 0.701. The van der Waals surface area contributed by atoms with Crippen molar-refractivity contribution in [3.8, 4) is 0 Å². The van der Waals surface area contributed by atoms with Gasteiger partial charge in [-0.3, -0.25) is 0 Å². The van der Waals surface area contributed by atoms with E-state index in [1.807, 2.05) is 0 Å². The standard InChI is InChI=1S/C14H22N4O2/c1-8-6-5-7-9(2)18(8)17-13-12(14(19)20)10(3)11(4)15-16-13/h8-9H,5-7H2,1-4H3,(H,16,17)(H,19,20). The molecule has 0 saturated carbocycles. The smallest absolute Gasteiger partial charge is 0.339 e. The minimum atomic E-state index is -0.972. The number of rotatable bonds is 3. The number of hydrogen-bond acceptors (Lipinski definition) is 5. The maximum atomic E-state index is 11.5. The Labute approximate surface area is 119 Å². The van der Waals surface area contributed by atoms with Crippen LogP contribution in [0.4, 0.5) is 5.82 Å². The van der Waals surface area contributed by atoms with E-state index in [0.29, 0.717) is 29.2 Å². The molecule has 20 heavy (non-hydrogen) atoms. The Kier molecular flexibility index (Phi) is 4.23. The van der Waals surface area contributed by atoms with Crippen LogP contribution in [0.5, 0.6) is 0 Å². The topological polar surface area (TPSA) is 78.4 Å². The van der Waals surface area contributed by atoms with E-state index < -0.39 is 5.97 Å². The van der Waals surface area contributed by atoms with E-state index in [1.54, 1.807) is 13.8 Å². The average molecular weight is 278 g/mol. The highest BCUT2D eigenvalue weighted by Gasteiger charge is 2.27. The first-order valence-corrected chi connectivity index (χ1v) is 7.04. The summed E-state index contributed by atoms with van der Waals surface area (Å²) in [5, 5.41) is 19.6. The van der Waals surface area contributed by atoms with Crippen LogP contribution in [0, 0.1) is 13.8 Å². The Morgan fingerprint density at radius 1 is 1.25 bits per heavy atom. The predicted octanol–water partition coefficient (Wildman–Crippen LogP) is 2.38. The second-order valence-corrected chi connectivity index (χ2v) is 5.59. The monoisotopic (exact) mass is 278 g/mol. The van der Waals surface area contributed by atoms with E-state index in [9.17, 15) is 9.90 Å². The zero-order valence-electron chi connectivity index (χ0n) is 12.5. The van der Waals surface area contributed by atoms with Crippen molar-refractivity contribution in [2.75, 3.05) is 5.43 Å². The van der Waals surface area contributed by atoms with Gasteiger partial charge in [0.1, 0.15) is 5.56 Å². The number of nitrogens with one attached hydrogen (secondary N) is 1. The Balaban J connectivity index is 2.33. The summed E-state index contributed by atoms with van der Waals surface area (Å²) < 4.78 is 0. The molecule has 0 aromatic carbocycles. The first-order valence-electron chi connectivity index (χ1n) is 7.04. The molecule has 0 spiro atoms. The molecular weight excluding hydrogens is 256 g/mol. The Morgan fingerprint density at radius 2 is 1.85 bits per heavy atom. The molecule has 1 aliphatic heterocycles. The lowest BCUT2D eigenvalue weighted by atomic mass is 10.00. The van der Waals surface area contributed by atoms with E-state index in [4.69, 9.17) is 0 Å². The van der Waals surface area contributed by atoms with Gasteiger partial charge in [-0.2, -0.15) is 5.10 Å². The van der Waals surface area contributed by atoms with Crippen LogP contribution in [-0.4, -0.2) is 38.4 Å². The second kappa shape index (κ2) is 5.75. The second-order valence-electron chi connectivity index (χ2n) is 5.59. The van der Waals surface area contributed by atoms with Crippen molar-refractivity contribution in [2.24, 2.45) is 0 Å². The van der Waals surface area contributed by atoms with Gasteiger partial charge in [-0.1, -0.05) is 6.42 Å². The summed E-state index contributed by atoms with van der Waals surface area (Å²) in [4.78, 5) is 11.5. The van der Waals surface area contributed by atoms with Crippen molar-refractivity contribution < 1.29 is 9.90 Å². The van der Waals surface area contributed by atoms with Gasteiger partial charge in [-0.25, -0.2) is 9.80 Å². The molecule has 0 aliphatic carbocycles. The van der Waals surface area contributed by atoms with Crippen LogP contribution < -0.4 is 5.43 Å². The van der Waals surface area contributed by atoms with Gasteiger partial charge in [-0.15, -0.1) is 5.10 Å². The van der Waals surface area contributed by atoms with E-state index in [-0.39, 0.29) is 5.56 Å². The molecule has 2 N–H and O–H groups in total. The molecule has 2 unspecified atom stereocenters. The fraction of sp³-hybridized carbons (Fsp3) is 0.643. The third-order valence-corrected chi connectivity index (χ3v) is 4.10. The number of piperidine rings is 1. The highest BCUT2D eigenvalue weighted by molar-refractivity contribution is 5.94. The quantitative estimate of drug-likeness (QED) is 0.884. The van der Waals surface area contributed by atoms with Gasteiger partial charge < -0.3 is 10.5 Å². The summed E-state index contributed by atoms with van der Waals surface area (Å²) in [6.45, 7) is 7.81. The van der Waals surface area contributed by atoms with E-state index in [2.05, 4.69) is 34.5 Å². The van der Waals surface area contributed by atoms with Crippen LogP contribution in [-0.2, 0) is 0 Å². The van der Waals surface area contributed by atoms with Crippen molar-refractivity contribution in [3.05, 3.63) is 16.8 Å². The number of aromatic carboxylic acids is 1. The summed E-state index contributed by atoms with van der Waals surface area (Å²) in [5.41, 5.74) is 4.69. The molecule has 1 aliphatic rings. The number of carbonyl (C=O) groups is 1. The van der Waals surface area contributed by atoms with Crippen molar-refractivity contribution >= 4 is 11.8 Å². The molecule has 2 atom stereocenters. The van der Waals surface area contributed by atoms with E-state index in [1.165, 1.54) is 6.42 Å². The van der Waals surface area contributed by atoms with Crippen LogP contribution in [0.1, 0.15) is 54.7 Å². The van der Waals surface area contributed by atoms with E-state index in [0.717, 1.165) is 12.8 Å². The zero-order valence-corrected chi connectivity index (χ0v) is 12.5. The molecule has 0 bridgehead atoms. The molecule has 6 heteroatoms. The van der Waals surface area contributed by atoms with Crippen molar-refractivity contribution in [3.63, 3.8) is 0 Å². The first kappa shape index (κ1) is 14.7. The highest BCUT2D eigenvalue weighted by atomic mass is 16.4. The van der Waals surface area contributed by atoms with Crippen molar-refractivity contribution in [1.82, 2.24) is 15.2 Å². The fourth-order valence-electron chi connectivity index (χ4n) is 2.71. The van der Waals surface area contributed by atoms with Gasteiger partial charge in [0.15, 0.2) is 5.82 Å². The van der Waals surface area contributed by atoms with Gasteiger partial charge in [-0.05, 0) is 46.1 Å². The number of nitrogens with zero attached hydrogens (tertiary/aromatic N) is 3. The molecule has 1 fully saturated rings. The SMILES string of the molecule is Cc1nnc(NN2C(C)CCCC2C)c(C(=O)O)c1C. The number of anilines is 1. The molecule has 6 nitrogen and oxygen atoms in total. The molecule has 1 aromatic rings. The van der Waals surface area contributed by atoms with Crippen LogP contribution in [0.2, 0.25) is 0 Å². The number of carboxylic acids is 1. The fourth-order valence-corrected chi connectivity index (χ4v) is 2.71. The number of aryl methyl sites for hydroxylation is 1. The molecule has 0 amide bonds. The molecular formula is C14H22N4O2. The number of aromatic nitrogens is 2. The minimum absolute atomic E-state index is 0.211. The van der Waals surface area contributed by atoms with Crippen molar-refractivity contribution in [1.29, 1.82) is 0 Å². The Hall–Kier alpha value is -1.69. The van der Waals surface area contributed by atoms with Gasteiger partial charge in [0.25, 0.3) is 0 Å². The zero-order chi connectivity index (χ0) is 14.9. The maximum absolute atomic E-state index is 11.5. The van der Waals surface area contributed by atoms with Crippen LogP contribution in [0.25, 0.3) is 0 Å². The molecule has 0 radical (unpaired) electrons. The largest absolute Gasteiger partial charge is 0.478 e. The minimum Gasteiger partial charge on any atom is -0.478 e. The Morgan fingerprint density at radius 3 is 2.40 bits per heavy atom. The van der Waals surface area contributed by atoms with E-state index >= 15 is 0 Å². The summed E-state index contributed by atoms with van der Waals surface area (Å²) in [5.74, 6) is -0.637. The maximum Gasteiger partial charge on any atom is 0.339 e. The van der Waals surface area contributed by atoms with Crippen LogP contribution in [0.3, 0.4) is 0 Å². The van der Waals surface area contributed by atoms with Crippen molar-refractivity contribution in [2.45, 2.75) is 59.0 Å². The summed E-state index contributed by atoms with van der Waals surface area (Å²) in [6.07, 6.45) is 3.39. The van der Waals surface area contributed by atoms with Gasteiger partial charge >= 0.3 is 5.97 Å². The lowest BCUT2D eigenvalue weighted by Gasteiger charge is -2.39. The van der Waals surface area contributed by atoms with Crippen LogP contribution >= 0.6 is 0 Å². The average Bonchev–Trinajstić information content (AvgIpc) is 2.37. The van der Waals surface area contributed by atoms with Gasteiger partial charge in [0.2, 0.25) is 0 Å². The van der Waals surface area contributed by atoms with Gasteiger partial charge in [0, 0.05) is 12.1 Å². The molecule has 2 heterocycles. The predicted molar refractivity (Wildman–Crippen MR) is 76.7 cm³/mol. The molecule has 1 aromatic heterocycles. The third-order valence-electron chi connectivity index (χ3n) is 4.10. The lowest BCUT2D eigenvalue weighted by Crippen LogP contribution is -2.47. The molecule has 1 saturated heterocycles. The normalized spacial score (nSPS) is 23.6. The molecule has 110 valence electrons. The lowest BCUT2D eigenvalue weighted by molar-refractivity contribution is 0.0694. The summed E-state index contributed by atoms with van der Waals surface area (Å²) >= 11 is 0. The van der Waals surface area contributed by atoms with Crippen LogP contribution in [0.15, 0.2) is 0 Å².